The number of allylic oxidation sites excluding steroid dienone is 2. The number of benzene rings is 1. The first-order valence-electron chi connectivity index (χ1n) is 8.42. The second kappa shape index (κ2) is 8.46. The van der Waals surface area contributed by atoms with Crippen LogP contribution in [-0.4, -0.2) is 29.1 Å². The van der Waals surface area contributed by atoms with E-state index in [1.165, 1.54) is 24.3 Å². The third kappa shape index (κ3) is 4.92. The Bertz CT molecular complexity index is 665. The van der Waals surface area contributed by atoms with Crippen LogP contribution in [0.2, 0.25) is 0 Å². The standard InChI is InChI=1S/C19H23NO5/c1-3-12(2)25-19(24)16-7-5-4-6-15(16)17(21)20-14-10-8-13(9-11-14)18(22)23/h4-5,8-12,15-16H,3,6-7H2,1-2H3,(H,20,21)(H,22,23)/t12-,15+,16-/m0/s1. The first-order valence-corrected chi connectivity index (χ1v) is 8.42. The van der Waals surface area contributed by atoms with Crippen molar-refractivity contribution in [3.63, 3.8) is 0 Å². The van der Waals surface area contributed by atoms with Gasteiger partial charge in [0.2, 0.25) is 5.91 Å². The summed E-state index contributed by atoms with van der Waals surface area (Å²) in [6.07, 6.45) is 5.29. The molecule has 1 aromatic carbocycles. The lowest BCUT2D eigenvalue weighted by Crippen LogP contribution is -2.36. The highest BCUT2D eigenvalue weighted by molar-refractivity contribution is 5.96. The minimum absolute atomic E-state index is 0.147. The van der Waals surface area contributed by atoms with Crippen LogP contribution in [0, 0.1) is 11.8 Å². The molecule has 1 amide bonds. The minimum Gasteiger partial charge on any atom is -0.478 e. The van der Waals surface area contributed by atoms with E-state index in [1.54, 1.807) is 0 Å². The molecule has 0 radical (unpaired) electrons. The van der Waals surface area contributed by atoms with Crippen molar-refractivity contribution in [2.45, 2.75) is 39.2 Å². The van der Waals surface area contributed by atoms with Crippen molar-refractivity contribution in [1.29, 1.82) is 0 Å². The summed E-state index contributed by atoms with van der Waals surface area (Å²) < 4.78 is 5.39. The zero-order valence-corrected chi connectivity index (χ0v) is 14.4. The molecule has 0 unspecified atom stereocenters. The van der Waals surface area contributed by atoms with Crippen LogP contribution in [-0.2, 0) is 14.3 Å². The molecule has 3 atom stereocenters. The lowest BCUT2D eigenvalue weighted by molar-refractivity contribution is -0.157. The van der Waals surface area contributed by atoms with Crippen LogP contribution < -0.4 is 5.32 Å². The molecular weight excluding hydrogens is 322 g/mol. The number of esters is 1. The molecule has 25 heavy (non-hydrogen) atoms. The lowest BCUT2D eigenvalue weighted by Gasteiger charge is -2.27. The normalized spacial score (nSPS) is 20.6. The molecule has 0 saturated heterocycles. The third-order valence-electron chi connectivity index (χ3n) is 4.36. The molecule has 0 heterocycles. The molecule has 1 aliphatic carbocycles. The van der Waals surface area contributed by atoms with Crippen LogP contribution in [0.4, 0.5) is 5.69 Å². The predicted octanol–water partition coefficient (Wildman–Crippen LogP) is 3.25. The summed E-state index contributed by atoms with van der Waals surface area (Å²) in [6, 6.07) is 5.92. The van der Waals surface area contributed by atoms with Crippen LogP contribution in [0.1, 0.15) is 43.5 Å². The number of ether oxygens (including phenoxy) is 1. The highest BCUT2D eigenvalue weighted by atomic mass is 16.5. The van der Waals surface area contributed by atoms with Gasteiger partial charge in [0.05, 0.1) is 23.5 Å². The molecule has 1 aliphatic rings. The molecule has 0 saturated carbocycles. The summed E-state index contributed by atoms with van der Waals surface area (Å²) in [5.41, 5.74) is 0.646. The highest BCUT2D eigenvalue weighted by Crippen LogP contribution is 2.28. The molecule has 0 spiro atoms. The molecule has 134 valence electrons. The summed E-state index contributed by atoms with van der Waals surface area (Å²) in [6.45, 7) is 3.76. The maximum atomic E-state index is 12.6. The van der Waals surface area contributed by atoms with E-state index in [1.807, 2.05) is 26.0 Å². The van der Waals surface area contributed by atoms with E-state index in [0.717, 1.165) is 6.42 Å². The van der Waals surface area contributed by atoms with Crippen LogP contribution in [0.25, 0.3) is 0 Å². The number of anilines is 1. The van der Waals surface area contributed by atoms with E-state index in [-0.39, 0.29) is 23.5 Å². The zero-order chi connectivity index (χ0) is 18.4. The van der Waals surface area contributed by atoms with Gasteiger partial charge in [-0.3, -0.25) is 9.59 Å². The van der Waals surface area contributed by atoms with E-state index in [2.05, 4.69) is 5.32 Å². The van der Waals surface area contributed by atoms with Gasteiger partial charge in [0, 0.05) is 5.69 Å². The van der Waals surface area contributed by atoms with Gasteiger partial charge < -0.3 is 15.2 Å². The van der Waals surface area contributed by atoms with Crippen molar-refractivity contribution in [3.8, 4) is 0 Å². The van der Waals surface area contributed by atoms with E-state index in [9.17, 15) is 14.4 Å². The van der Waals surface area contributed by atoms with Crippen molar-refractivity contribution < 1.29 is 24.2 Å². The van der Waals surface area contributed by atoms with Crippen molar-refractivity contribution in [1.82, 2.24) is 0 Å². The van der Waals surface area contributed by atoms with E-state index in [4.69, 9.17) is 9.84 Å². The van der Waals surface area contributed by atoms with Crippen LogP contribution in [0.5, 0.6) is 0 Å². The topological polar surface area (TPSA) is 92.7 Å². The SMILES string of the molecule is CC[C@H](C)OC(=O)[C@H]1CC=CC[C@H]1C(=O)Nc1ccc(C(=O)O)cc1. The number of carboxylic acid groups (broad SMARTS) is 1. The smallest absolute Gasteiger partial charge is 0.335 e. The molecule has 1 aromatic rings. The fraction of sp³-hybridized carbons (Fsp3) is 0.421. The second-order valence-electron chi connectivity index (χ2n) is 6.18. The van der Waals surface area contributed by atoms with Crippen molar-refractivity contribution in [2.75, 3.05) is 5.32 Å². The van der Waals surface area contributed by atoms with E-state index >= 15 is 0 Å². The Labute approximate surface area is 146 Å². The van der Waals surface area contributed by atoms with E-state index < -0.39 is 17.8 Å². The summed E-state index contributed by atoms with van der Waals surface area (Å²) in [5.74, 6) is -2.64. The molecule has 0 fully saturated rings. The van der Waals surface area contributed by atoms with Gasteiger partial charge >= 0.3 is 11.9 Å². The zero-order valence-electron chi connectivity index (χ0n) is 14.4. The van der Waals surface area contributed by atoms with Gasteiger partial charge in [-0.25, -0.2) is 4.79 Å². The minimum atomic E-state index is -1.02. The van der Waals surface area contributed by atoms with Gasteiger partial charge in [0.1, 0.15) is 0 Å². The molecule has 0 aliphatic heterocycles. The Morgan fingerprint density at radius 3 is 2.32 bits per heavy atom. The average Bonchev–Trinajstić information content (AvgIpc) is 2.61. The van der Waals surface area contributed by atoms with Gasteiger partial charge in [-0.15, -0.1) is 0 Å². The van der Waals surface area contributed by atoms with E-state index in [0.29, 0.717) is 18.5 Å². The Kier molecular flexibility index (Phi) is 6.33. The van der Waals surface area contributed by atoms with Gasteiger partial charge in [-0.1, -0.05) is 19.1 Å². The number of nitrogens with one attached hydrogen (secondary N) is 1. The van der Waals surface area contributed by atoms with Crippen molar-refractivity contribution in [3.05, 3.63) is 42.0 Å². The Morgan fingerprint density at radius 2 is 1.76 bits per heavy atom. The molecule has 6 nitrogen and oxygen atoms in total. The molecular formula is C19H23NO5. The fourth-order valence-corrected chi connectivity index (χ4v) is 2.66. The second-order valence-corrected chi connectivity index (χ2v) is 6.18. The van der Waals surface area contributed by atoms with Gasteiger partial charge in [-0.05, 0) is 50.5 Å². The number of hydrogen-bond donors (Lipinski definition) is 2. The molecule has 0 bridgehead atoms. The number of aromatic carboxylic acids is 1. The lowest BCUT2D eigenvalue weighted by atomic mass is 9.82. The maximum absolute atomic E-state index is 12.6. The summed E-state index contributed by atoms with van der Waals surface area (Å²) in [5, 5.41) is 11.7. The van der Waals surface area contributed by atoms with Crippen molar-refractivity contribution in [2.24, 2.45) is 11.8 Å². The number of rotatable bonds is 6. The Balaban J connectivity index is 2.06. The average molecular weight is 345 g/mol. The van der Waals surface area contributed by atoms with Crippen molar-refractivity contribution >= 4 is 23.5 Å². The molecule has 2 N–H and O–H groups in total. The van der Waals surface area contributed by atoms with Gasteiger partial charge in [0.15, 0.2) is 0 Å². The van der Waals surface area contributed by atoms with Crippen LogP contribution >= 0.6 is 0 Å². The van der Waals surface area contributed by atoms with Crippen LogP contribution in [0.15, 0.2) is 36.4 Å². The monoisotopic (exact) mass is 345 g/mol. The third-order valence-corrected chi connectivity index (χ3v) is 4.36. The predicted molar refractivity (Wildman–Crippen MR) is 93.2 cm³/mol. The van der Waals surface area contributed by atoms with Gasteiger partial charge in [-0.2, -0.15) is 0 Å². The first kappa shape index (κ1) is 18.7. The number of amides is 1. The number of hydrogen-bond acceptors (Lipinski definition) is 4. The number of carbonyl (C=O) groups is 3. The fourth-order valence-electron chi connectivity index (χ4n) is 2.66. The Morgan fingerprint density at radius 1 is 1.16 bits per heavy atom. The quantitative estimate of drug-likeness (QED) is 0.610. The molecule has 0 aromatic heterocycles. The largest absolute Gasteiger partial charge is 0.478 e. The summed E-state index contributed by atoms with van der Waals surface area (Å²) >= 11 is 0. The number of carbonyl (C=O) groups excluding carboxylic acids is 2. The maximum Gasteiger partial charge on any atom is 0.335 e. The van der Waals surface area contributed by atoms with Crippen LogP contribution in [0.3, 0.4) is 0 Å². The number of carboxylic acids is 1. The first-order chi connectivity index (χ1) is 11.9. The summed E-state index contributed by atoms with van der Waals surface area (Å²) in [7, 11) is 0. The molecule has 6 heteroatoms. The summed E-state index contributed by atoms with van der Waals surface area (Å²) in [4.78, 5) is 35.8. The molecule has 2 rings (SSSR count). The Hall–Kier alpha value is -2.63. The van der Waals surface area contributed by atoms with Gasteiger partial charge in [0.25, 0.3) is 0 Å². The highest BCUT2D eigenvalue weighted by Gasteiger charge is 2.35.